The van der Waals surface area contributed by atoms with Gasteiger partial charge in [-0.2, -0.15) is 5.10 Å². The lowest BCUT2D eigenvalue weighted by Gasteiger charge is -2.10. The second kappa shape index (κ2) is 5.88. The molecule has 1 saturated carbocycles. The lowest BCUT2D eigenvalue weighted by molar-refractivity contribution is 0.458. The van der Waals surface area contributed by atoms with Gasteiger partial charge in [0.15, 0.2) is 0 Å². The molecule has 3 heteroatoms. The molecule has 1 N–H and O–H groups in total. The maximum atomic E-state index is 5.28. The highest BCUT2D eigenvalue weighted by atomic mass is 15.3. The third kappa shape index (κ3) is 3.34. The molecule has 1 aromatic rings. The largest absolute Gasteiger partial charge is 0.308 e. The van der Waals surface area contributed by atoms with E-state index in [4.69, 9.17) is 6.42 Å². The molecule has 0 bridgehead atoms. The van der Waals surface area contributed by atoms with Crippen molar-refractivity contribution in [1.29, 1.82) is 0 Å². The first-order valence-electron chi connectivity index (χ1n) is 6.50. The Balaban J connectivity index is 1.84. The molecule has 1 aromatic heterocycles. The molecule has 1 unspecified atom stereocenters. The monoisotopic (exact) mass is 231 g/mol. The van der Waals surface area contributed by atoms with Gasteiger partial charge in [0.25, 0.3) is 0 Å². The SMILES string of the molecule is C#CCC(C)NCc1ccn(C2CCCC2)n1. The van der Waals surface area contributed by atoms with Crippen LogP contribution in [0.2, 0.25) is 0 Å². The molecular weight excluding hydrogens is 210 g/mol. The standard InChI is InChI=1S/C14H21N3/c1-3-6-12(2)15-11-13-9-10-17(16-13)14-7-4-5-8-14/h1,9-10,12,14-15H,4-8,11H2,2H3. The van der Waals surface area contributed by atoms with E-state index in [1.165, 1.54) is 25.7 Å². The minimum absolute atomic E-state index is 0.358. The predicted molar refractivity (Wildman–Crippen MR) is 69.5 cm³/mol. The van der Waals surface area contributed by atoms with E-state index < -0.39 is 0 Å². The highest BCUT2D eigenvalue weighted by Gasteiger charge is 2.17. The molecule has 3 nitrogen and oxygen atoms in total. The zero-order valence-electron chi connectivity index (χ0n) is 10.5. The third-order valence-corrected chi connectivity index (χ3v) is 3.42. The van der Waals surface area contributed by atoms with E-state index in [1.807, 2.05) is 0 Å². The number of hydrogen-bond acceptors (Lipinski definition) is 2. The summed E-state index contributed by atoms with van der Waals surface area (Å²) in [5.41, 5.74) is 1.11. The van der Waals surface area contributed by atoms with Crippen molar-refractivity contribution in [3.05, 3.63) is 18.0 Å². The smallest absolute Gasteiger partial charge is 0.0762 e. The fourth-order valence-electron chi connectivity index (χ4n) is 2.37. The van der Waals surface area contributed by atoms with E-state index in [9.17, 15) is 0 Å². The van der Waals surface area contributed by atoms with Gasteiger partial charge >= 0.3 is 0 Å². The van der Waals surface area contributed by atoms with Crippen LogP contribution in [0.25, 0.3) is 0 Å². The summed E-state index contributed by atoms with van der Waals surface area (Å²) >= 11 is 0. The molecule has 2 rings (SSSR count). The topological polar surface area (TPSA) is 29.9 Å². The highest BCUT2D eigenvalue weighted by molar-refractivity contribution is 5.00. The minimum atomic E-state index is 0.358. The van der Waals surface area contributed by atoms with Gasteiger partial charge in [0.05, 0.1) is 11.7 Å². The van der Waals surface area contributed by atoms with Crippen LogP contribution >= 0.6 is 0 Å². The lowest BCUT2D eigenvalue weighted by Crippen LogP contribution is -2.25. The quantitative estimate of drug-likeness (QED) is 0.789. The summed E-state index contributed by atoms with van der Waals surface area (Å²) in [4.78, 5) is 0. The van der Waals surface area contributed by atoms with Gasteiger partial charge in [0.2, 0.25) is 0 Å². The summed E-state index contributed by atoms with van der Waals surface area (Å²) in [6.45, 7) is 2.91. The Morgan fingerprint density at radius 3 is 3.06 bits per heavy atom. The summed E-state index contributed by atoms with van der Waals surface area (Å²) in [6.07, 6.45) is 13.4. The molecule has 0 aromatic carbocycles. The van der Waals surface area contributed by atoms with Gasteiger partial charge in [-0.25, -0.2) is 0 Å². The van der Waals surface area contributed by atoms with Crippen molar-refractivity contribution in [3.8, 4) is 12.3 Å². The summed E-state index contributed by atoms with van der Waals surface area (Å²) in [7, 11) is 0. The first-order valence-corrected chi connectivity index (χ1v) is 6.50. The molecule has 0 amide bonds. The minimum Gasteiger partial charge on any atom is -0.308 e. The summed E-state index contributed by atoms with van der Waals surface area (Å²) in [5, 5.41) is 8.01. The van der Waals surface area contributed by atoms with E-state index in [1.54, 1.807) is 0 Å². The second-order valence-corrected chi connectivity index (χ2v) is 4.92. The molecule has 1 heterocycles. The fraction of sp³-hybridized carbons (Fsp3) is 0.643. The number of nitrogens with one attached hydrogen (secondary N) is 1. The number of rotatable bonds is 5. The molecule has 0 aliphatic heterocycles. The average Bonchev–Trinajstić information content (AvgIpc) is 2.97. The molecular formula is C14H21N3. The van der Waals surface area contributed by atoms with Crippen molar-refractivity contribution in [2.75, 3.05) is 0 Å². The normalized spacial score (nSPS) is 18.1. The van der Waals surface area contributed by atoms with Gasteiger partial charge < -0.3 is 5.32 Å². The molecule has 0 radical (unpaired) electrons. The summed E-state index contributed by atoms with van der Waals surface area (Å²) < 4.78 is 2.13. The number of aromatic nitrogens is 2. The Morgan fingerprint density at radius 1 is 1.59 bits per heavy atom. The maximum absolute atomic E-state index is 5.28. The first-order chi connectivity index (χ1) is 8.29. The summed E-state index contributed by atoms with van der Waals surface area (Å²) in [6, 6.07) is 3.09. The average molecular weight is 231 g/mol. The van der Waals surface area contributed by atoms with Crippen LogP contribution in [0.15, 0.2) is 12.3 Å². The van der Waals surface area contributed by atoms with Crippen LogP contribution in [0.4, 0.5) is 0 Å². The van der Waals surface area contributed by atoms with E-state index in [2.05, 4.69) is 40.2 Å². The molecule has 0 saturated heterocycles. The first kappa shape index (κ1) is 12.2. The zero-order valence-corrected chi connectivity index (χ0v) is 10.5. The number of hydrogen-bond donors (Lipinski definition) is 1. The van der Waals surface area contributed by atoms with Gasteiger partial charge in [-0.1, -0.05) is 12.8 Å². The molecule has 17 heavy (non-hydrogen) atoms. The van der Waals surface area contributed by atoms with E-state index in [0.29, 0.717) is 12.1 Å². The molecule has 1 aliphatic rings. The Morgan fingerprint density at radius 2 is 2.35 bits per heavy atom. The molecule has 1 fully saturated rings. The maximum Gasteiger partial charge on any atom is 0.0762 e. The Labute approximate surface area is 104 Å². The van der Waals surface area contributed by atoms with Crippen LogP contribution in [0.5, 0.6) is 0 Å². The van der Waals surface area contributed by atoms with Gasteiger partial charge in [0.1, 0.15) is 0 Å². The van der Waals surface area contributed by atoms with E-state index in [0.717, 1.165) is 18.7 Å². The molecule has 1 aliphatic carbocycles. The molecule has 0 spiro atoms. The van der Waals surface area contributed by atoms with Crippen LogP contribution in [0.1, 0.15) is 50.8 Å². The van der Waals surface area contributed by atoms with E-state index in [-0.39, 0.29) is 0 Å². The Kier molecular flexibility index (Phi) is 4.22. The van der Waals surface area contributed by atoms with Gasteiger partial charge in [-0.3, -0.25) is 4.68 Å². The van der Waals surface area contributed by atoms with Gasteiger partial charge in [-0.05, 0) is 25.8 Å². The number of nitrogens with zero attached hydrogens (tertiary/aromatic N) is 2. The second-order valence-electron chi connectivity index (χ2n) is 4.92. The van der Waals surface area contributed by atoms with Crippen LogP contribution in [0.3, 0.4) is 0 Å². The van der Waals surface area contributed by atoms with Crippen molar-refractivity contribution in [2.24, 2.45) is 0 Å². The van der Waals surface area contributed by atoms with Crippen molar-refractivity contribution in [1.82, 2.24) is 15.1 Å². The van der Waals surface area contributed by atoms with Crippen molar-refractivity contribution < 1.29 is 0 Å². The van der Waals surface area contributed by atoms with Gasteiger partial charge in [0, 0.05) is 25.2 Å². The van der Waals surface area contributed by atoms with E-state index >= 15 is 0 Å². The van der Waals surface area contributed by atoms with Crippen LogP contribution < -0.4 is 5.32 Å². The van der Waals surface area contributed by atoms with Crippen molar-refractivity contribution in [2.45, 2.75) is 57.7 Å². The molecule has 92 valence electrons. The Bertz CT molecular complexity index is 382. The fourth-order valence-corrected chi connectivity index (χ4v) is 2.37. The van der Waals surface area contributed by atoms with Crippen molar-refractivity contribution >= 4 is 0 Å². The highest BCUT2D eigenvalue weighted by Crippen LogP contribution is 2.28. The van der Waals surface area contributed by atoms with Crippen LogP contribution in [-0.2, 0) is 6.54 Å². The Hall–Kier alpha value is -1.27. The van der Waals surface area contributed by atoms with Crippen LogP contribution in [-0.4, -0.2) is 15.8 Å². The zero-order chi connectivity index (χ0) is 12.1. The number of terminal acetylenes is 1. The predicted octanol–water partition coefficient (Wildman–Crippen LogP) is 2.50. The van der Waals surface area contributed by atoms with Crippen molar-refractivity contribution in [3.63, 3.8) is 0 Å². The summed E-state index contributed by atoms with van der Waals surface area (Å²) in [5.74, 6) is 2.67. The van der Waals surface area contributed by atoms with Gasteiger partial charge in [-0.15, -0.1) is 12.3 Å². The lowest BCUT2D eigenvalue weighted by atomic mass is 10.2. The van der Waals surface area contributed by atoms with Crippen LogP contribution in [0, 0.1) is 12.3 Å². The molecule has 1 atom stereocenters. The third-order valence-electron chi connectivity index (χ3n) is 3.42.